The van der Waals surface area contributed by atoms with Crippen molar-refractivity contribution in [2.45, 2.75) is 101 Å². The summed E-state index contributed by atoms with van der Waals surface area (Å²) in [5, 5.41) is 21.3. The Morgan fingerprint density at radius 2 is 0.906 bits per heavy atom. The fourth-order valence-corrected chi connectivity index (χ4v) is 11.0. The van der Waals surface area contributed by atoms with Crippen molar-refractivity contribution in [3.8, 4) is 23.6 Å². The molecule has 2 aliphatic carbocycles. The molecule has 6 aromatic rings. The van der Waals surface area contributed by atoms with E-state index in [4.69, 9.17) is 20.0 Å². The van der Waals surface area contributed by atoms with Crippen LogP contribution in [0.1, 0.15) is 95.9 Å². The third-order valence-electron chi connectivity index (χ3n) is 15.2. The first-order valence-electron chi connectivity index (χ1n) is 27.5. The smallest absolute Gasteiger partial charge is 0.417 e. The molecule has 0 amide bonds. The molecular formula is C60H59BrF12N10O2. The molecule has 1 N–H and O–H groups in total. The molecule has 2 aliphatic heterocycles. The van der Waals surface area contributed by atoms with Gasteiger partial charge >= 0.3 is 24.7 Å². The predicted octanol–water partition coefficient (Wildman–Crippen LogP) is 14.3. The highest BCUT2D eigenvalue weighted by Crippen LogP contribution is 2.38. The average molecular weight is 1260 g/mol. The number of halogens is 13. The van der Waals surface area contributed by atoms with Crippen LogP contribution in [0.25, 0.3) is 0 Å². The van der Waals surface area contributed by atoms with E-state index in [1.165, 1.54) is 24.3 Å². The zero-order valence-corrected chi connectivity index (χ0v) is 47.3. The Hall–Kier alpha value is -7.38. The summed E-state index contributed by atoms with van der Waals surface area (Å²) in [7, 11) is 0. The molecule has 2 saturated carbocycles. The van der Waals surface area contributed by atoms with E-state index >= 15 is 0 Å². The molecule has 25 heteroatoms. The largest absolute Gasteiger partial charge is 0.489 e. The highest BCUT2D eigenvalue weighted by atomic mass is 79.9. The molecule has 4 fully saturated rings. The van der Waals surface area contributed by atoms with Gasteiger partial charge in [-0.25, -0.2) is 9.97 Å². The van der Waals surface area contributed by atoms with Gasteiger partial charge in [-0.2, -0.15) is 63.2 Å². The van der Waals surface area contributed by atoms with E-state index in [2.05, 4.69) is 51.0 Å². The third-order valence-corrected chi connectivity index (χ3v) is 15.7. The molecule has 85 heavy (non-hydrogen) atoms. The normalized spacial score (nSPS) is 19.5. The van der Waals surface area contributed by atoms with Gasteiger partial charge in [0.2, 0.25) is 0 Å². The predicted molar refractivity (Wildman–Crippen MR) is 297 cm³/mol. The summed E-state index contributed by atoms with van der Waals surface area (Å²) in [6.07, 6.45) is -1.24. The Kier molecular flexibility index (Phi) is 21.1. The number of hydrogen-bond acceptors (Lipinski definition) is 12. The van der Waals surface area contributed by atoms with Crippen molar-refractivity contribution in [2.75, 3.05) is 67.1 Å². The standard InChI is InChI=1S/C30H29F6N5O.C24H27F3N4O.C6H3BrF3N/c31-29(32,33)23-5-8-28(39-17-23)41-11-9-40(10-12-41)24-15-26(19-38-18-24)42-25-6-2-20(3-7-25)13-21-1-4-22(16-37)27(14-21)30(34,35)36;25-24(26,27)23-12-18(1-4-19(23)14-28)11-17-2-5-21(6-3-17)32-22-13-20(15-30-16-22)31-9-7-29-8-10-31;7-5-2-1-4(3-11-5)6(8,9)10/h1,4-5,8,14-15,17-20,25H,2-3,6-7,9-13H2;1,4,12-13,15-17,21,29H,2-3,5-11H2;1-3H. The van der Waals surface area contributed by atoms with Crippen LogP contribution >= 0.6 is 15.9 Å². The minimum absolute atomic E-state index is 0.0207. The Bertz CT molecular complexity index is 3210. The van der Waals surface area contributed by atoms with Crippen molar-refractivity contribution >= 4 is 33.1 Å². The van der Waals surface area contributed by atoms with E-state index < -0.39 is 47.0 Å². The number of nitrogens with one attached hydrogen (secondary N) is 1. The first-order valence-corrected chi connectivity index (χ1v) is 28.3. The average Bonchev–Trinajstić information content (AvgIpc) is 3.64. The van der Waals surface area contributed by atoms with E-state index in [0.717, 1.165) is 131 Å². The van der Waals surface area contributed by atoms with Crippen LogP contribution < -0.4 is 29.5 Å². The molecule has 10 rings (SSSR count). The van der Waals surface area contributed by atoms with E-state index in [0.29, 0.717) is 72.2 Å². The maximum atomic E-state index is 13.3. The van der Waals surface area contributed by atoms with Crippen LogP contribution in [0.2, 0.25) is 0 Å². The van der Waals surface area contributed by atoms with Gasteiger partial charge in [0.1, 0.15) is 21.9 Å². The third kappa shape index (κ3) is 18.3. The van der Waals surface area contributed by atoms with Gasteiger partial charge in [-0.1, -0.05) is 12.1 Å². The lowest BCUT2D eigenvalue weighted by Crippen LogP contribution is -2.46. The van der Waals surface area contributed by atoms with Crippen molar-refractivity contribution in [1.29, 1.82) is 10.5 Å². The molecule has 0 atom stereocenters. The zero-order chi connectivity index (χ0) is 60.9. The second-order valence-corrected chi connectivity index (χ2v) is 22.0. The summed E-state index contributed by atoms with van der Waals surface area (Å²) >= 11 is 2.93. The Morgan fingerprint density at radius 3 is 1.29 bits per heavy atom. The molecule has 0 unspecified atom stereocenters. The van der Waals surface area contributed by atoms with Crippen LogP contribution in [0.15, 0.2) is 115 Å². The van der Waals surface area contributed by atoms with Gasteiger partial charge in [0, 0.05) is 76.9 Å². The van der Waals surface area contributed by atoms with E-state index in [-0.39, 0.29) is 29.3 Å². The highest BCUT2D eigenvalue weighted by Gasteiger charge is 2.37. The quantitative estimate of drug-likeness (QED) is 0.0976. The van der Waals surface area contributed by atoms with Gasteiger partial charge < -0.3 is 29.5 Å². The number of benzene rings is 2. The molecule has 6 heterocycles. The van der Waals surface area contributed by atoms with Crippen molar-refractivity contribution < 1.29 is 62.2 Å². The first kappa shape index (κ1) is 63.6. The Morgan fingerprint density at radius 1 is 0.482 bits per heavy atom. The Labute approximate surface area is 491 Å². The number of nitrogens with zero attached hydrogens (tertiary/aromatic N) is 9. The summed E-state index contributed by atoms with van der Waals surface area (Å²) in [6.45, 7) is 6.28. The number of hydrogen-bond donors (Lipinski definition) is 1. The van der Waals surface area contributed by atoms with Crippen molar-refractivity contribution in [1.82, 2.24) is 25.3 Å². The molecule has 2 aromatic carbocycles. The number of ether oxygens (including phenoxy) is 2. The SMILES string of the molecule is FC(F)(F)c1ccc(Br)nc1.N#Cc1ccc(CC2CCC(Oc3cncc(N4CCN(c5ccc(C(F)(F)F)cn5)CC4)c3)CC2)cc1C(F)(F)F.N#Cc1ccc(CC2CCC(Oc3cncc(N4CCNCC4)c3)CC2)cc1C(F)(F)F. The Balaban J connectivity index is 0.000000192. The molecule has 12 nitrogen and oxygen atoms in total. The van der Waals surface area contributed by atoms with E-state index in [1.54, 1.807) is 42.9 Å². The summed E-state index contributed by atoms with van der Waals surface area (Å²) in [4.78, 5) is 22.5. The fourth-order valence-electron chi connectivity index (χ4n) is 10.8. The van der Waals surface area contributed by atoms with Gasteiger partial charge in [-0.05, 0) is 152 Å². The molecule has 2 saturated heterocycles. The van der Waals surface area contributed by atoms with Gasteiger partial charge in [0.25, 0.3) is 0 Å². The van der Waals surface area contributed by atoms with Crippen LogP contribution in [0, 0.1) is 34.5 Å². The fraction of sp³-hybridized carbons (Fsp3) is 0.433. The monoisotopic (exact) mass is 1260 g/mol. The number of piperazine rings is 2. The molecule has 4 aromatic heterocycles. The van der Waals surface area contributed by atoms with Crippen LogP contribution in [0.5, 0.6) is 11.5 Å². The van der Waals surface area contributed by atoms with Crippen LogP contribution in [0.3, 0.4) is 0 Å². The number of aromatic nitrogens is 4. The highest BCUT2D eigenvalue weighted by molar-refractivity contribution is 9.10. The van der Waals surface area contributed by atoms with Crippen LogP contribution in [-0.4, -0.2) is 84.5 Å². The lowest BCUT2D eigenvalue weighted by atomic mass is 9.83. The maximum Gasteiger partial charge on any atom is 0.417 e. The number of nitriles is 2. The lowest BCUT2D eigenvalue weighted by molar-refractivity contribution is -0.138. The maximum absolute atomic E-state index is 13.3. The van der Waals surface area contributed by atoms with E-state index in [9.17, 15) is 52.7 Å². The van der Waals surface area contributed by atoms with Gasteiger partial charge in [0.05, 0.1) is 93.9 Å². The van der Waals surface area contributed by atoms with Crippen molar-refractivity contribution in [2.24, 2.45) is 11.8 Å². The minimum atomic E-state index is -4.56. The molecule has 0 radical (unpaired) electrons. The molecular weight excluding hydrogens is 1200 g/mol. The molecule has 0 spiro atoms. The summed E-state index contributed by atoms with van der Waals surface area (Å²) in [6, 6.07) is 19.9. The number of pyridine rings is 4. The number of alkyl halides is 12. The van der Waals surface area contributed by atoms with E-state index in [1.807, 2.05) is 23.2 Å². The summed E-state index contributed by atoms with van der Waals surface area (Å²) in [5.41, 5.74) is -0.747. The number of rotatable bonds is 11. The molecule has 0 bridgehead atoms. The van der Waals surface area contributed by atoms with Gasteiger partial charge in [-0.3, -0.25) is 9.97 Å². The first-order chi connectivity index (χ1) is 40.4. The number of anilines is 3. The van der Waals surface area contributed by atoms with Crippen molar-refractivity contribution in [3.63, 3.8) is 0 Å². The van der Waals surface area contributed by atoms with Gasteiger partial charge in [0.15, 0.2) is 0 Å². The second-order valence-electron chi connectivity index (χ2n) is 21.1. The summed E-state index contributed by atoms with van der Waals surface area (Å²) < 4.78 is 167. The van der Waals surface area contributed by atoms with Gasteiger partial charge in [-0.15, -0.1) is 0 Å². The summed E-state index contributed by atoms with van der Waals surface area (Å²) in [5.74, 6) is 2.47. The lowest BCUT2D eigenvalue weighted by Gasteiger charge is -2.36. The molecule has 452 valence electrons. The minimum Gasteiger partial charge on any atom is -0.489 e. The topological polar surface area (TPSA) is 139 Å². The zero-order valence-electron chi connectivity index (χ0n) is 45.7. The molecule has 4 aliphatic rings. The van der Waals surface area contributed by atoms with Crippen LogP contribution in [0.4, 0.5) is 69.9 Å². The van der Waals surface area contributed by atoms with Crippen molar-refractivity contribution in [3.05, 3.63) is 159 Å². The second kappa shape index (κ2) is 28.2. The van der Waals surface area contributed by atoms with Crippen LogP contribution in [-0.2, 0) is 37.5 Å².